The third-order valence-corrected chi connectivity index (χ3v) is 2.28. The van der Waals surface area contributed by atoms with Crippen LogP contribution in [0.3, 0.4) is 0 Å². The van der Waals surface area contributed by atoms with Gasteiger partial charge in [0.1, 0.15) is 12.2 Å². The molecule has 0 radical (unpaired) electrons. The molecule has 2 unspecified atom stereocenters. The molecule has 1 rings (SSSR count). The highest BCUT2D eigenvalue weighted by molar-refractivity contribution is 5.50. The molecule has 0 spiro atoms. The molecule has 0 bridgehead atoms. The molecule has 96 valence electrons. The number of aliphatic hydroxyl groups excluding tert-OH is 3. The number of anilines is 1. The van der Waals surface area contributed by atoms with E-state index in [1.165, 1.54) is 0 Å². The second kappa shape index (κ2) is 4.91. The van der Waals surface area contributed by atoms with E-state index in [0.717, 1.165) is 12.1 Å². The van der Waals surface area contributed by atoms with Crippen LogP contribution in [0.5, 0.6) is 0 Å². The highest BCUT2D eigenvalue weighted by Gasteiger charge is 2.34. The molecule has 0 saturated heterocycles. The lowest BCUT2D eigenvalue weighted by molar-refractivity contribution is -0.137. The monoisotopic (exact) mass is 251 g/mol. The summed E-state index contributed by atoms with van der Waals surface area (Å²) in [6, 6.07) is 2.80. The summed E-state index contributed by atoms with van der Waals surface area (Å²) in [4.78, 5) is 0. The van der Waals surface area contributed by atoms with Gasteiger partial charge in [-0.1, -0.05) is 6.07 Å². The van der Waals surface area contributed by atoms with Gasteiger partial charge in [-0.3, -0.25) is 0 Å². The minimum atomic E-state index is -4.63. The molecule has 0 aliphatic rings. The van der Waals surface area contributed by atoms with Crippen LogP contribution in [0.1, 0.15) is 17.2 Å². The van der Waals surface area contributed by atoms with Crippen molar-refractivity contribution in [2.75, 3.05) is 12.3 Å². The Morgan fingerprint density at radius 1 is 1.24 bits per heavy atom. The summed E-state index contributed by atoms with van der Waals surface area (Å²) in [7, 11) is 0. The van der Waals surface area contributed by atoms with Gasteiger partial charge in [0.15, 0.2) is 0 Å². The van der Waals surface area contributed by atoms with Crippen molar-refractivity contribution < 1.29 is 28.5 Å². The third kappa shape index (κ3) is 3.09. The van der Waals surface area contributed by atoms with Crippen LogP contribution in [0.4, 0.5) is 18.9 Å². The van der Waals surface area contributed by atoms with Crippen LogP contribution < -0.4 is 5.73 Å². The van der Waals surface area contributed by atoms with Crippen LogP contribution in [0.15, 0.2) is 18.2 Å². The quantitative estimate of drug-likeness (QED) is 0.595. The molecule has 1 aromatic rings. The number of benzene rings is 1. The van der Waals surface area contributed by atoms with Gasteiger partial charge < -0.3 is 21.1 Å². The van der Waals surface area contributed by atoms with Crippen molar-refractivity contribution in [3.05, 3.63) is 29.3 Å². The summed E-state index contributed by atoms with van der Waals surface area (Å²) in [5.41, 5.74) is 3.46. The van der Waals surface area contributed by atoms with Gasteiger partial charge in [-0.2, -0.15) is 13.2 Å². The lowest BCUT2D eigenvalue weighted by Crippen LogP contribution is -2.22. The van der Waals surface area contributed by atoms with E-state index in [2.05, 4.69) is 0 Å². The van der Waals surface area contributed by atoms with Gasteiger partial charge in [0.2, 0.25) is 0 Å². The number of hydrogen-bond donors (Lipinski definition) is 4. The Kier molecular flexibility index (Phi) is 3.97. The smallest absolute Gasteiger partial charge is 0.398 e. The van der Waals surface area contributed by atoms with Gasteiger partial charge in [-0.25, -0.2) is 0 Å². The summed E-state index contributed by atoms with van der Waals surface area (Å²) in [5.74, 6) is 0. The molecule has 0 amide bonds. The summed E-state index contributed by atoms with van der Waals surface area (Å²) >= 11 is 0. The van der Waals surface area contributed by atoms with Crippen LogP contribution in [-0.4, -0.2) is 28.0 Å². The zero-order valence-corrected chi connectivity index (χ0v) is 8.65. The first-order chi connectivity index (χ1) is 7.77. The fourth-order valence-corrected chi connectivity index (χ4v) is 1.33. The number of nitrogens with two attached hydrogens (primary N) is 1. The van der Waals surface area contributed by atoms with Crippen LogP contribution in [0.25, 0.3) is 0 Å². The summed E-state index contributed by atoms with van der Waals surface area (Å²) < 4.78 is 37.5. The van der Waals surface area contributed by atoms with Gasteiger partial charge in [0.05, 0.1) is 12.2 Å². The zero-order valence-electron chi connectivity index (χ0n) is 8.65. The molecule has 1 aromatic carbocycles. The predicted molar refractivity (Wildman–Crippen MR) is 53.9 cm³/mol. The summed E-state index contributed by atoms with van der Waals surface area (Å²) in [6.45, 7) is -0.757. The average molecular weight is 251 g/mol. The van der Waals surface area contributed by atoms with E-state index in [-0.39, 0.29) is 5.56 Å². The third-order valence-electron chi connectivity index (χ3n) is 2.28. The Bertz CT molecular complexity index is 395. The van der Waals surface area contributed by atoms with Gasteiger partial charge in [0.25, 0.3) is 0 Å². The molecule has 4 nitrogen and oxygen atoms in total. The van der Waals surface area contributed by atoms with Gasteiger partial charge in [0, 0.05) is 5.69 Å². The van der Waals surface area contributed by atoms with Crippen molar-refractivity contribution in [1.82, 2.24) is 0 Å². The number of aliphatic hydroxyl groups is 3. The Labute approximate surface area is 95.1 Å². The van der Waals surface area contributed by atoms with Gasteiger partial charge in [-0.15, -0.1) is 0 Å². The molecule has 0 aliphatic heterocycles. The molecule has 0 heterocycles. The van der Waals surface area contributed by atoms with Gasteiger partial charge in [-0.05, 0) is 17.7 Å². The maximum absolute atomic E-state index is 12.5. The second-order valence-corrected chi connectivity index (χ2v) is 3.54. The van der Waals surface area contributed by atoms with Crippen LogP contribution in [-0.2, 0) is 6.18 Å². The molecule has 7 heteroatoms. The Hall–Kier alpha value is -1.31. The molecule has 0 fully saturated rings. The second-order valence-electron chi connectivity index (χ2n) is 3.54. The first-order valence-electron chi connectivity index (χ1n) is 4.71. The molecule has 17 heavy (non-hydrogen) atoms. The van der Waals surface area contributed by atoms with Crippen molar-refractivity contribution in [2.45, 2.75) is 18.4 Å². The van der Waals surface area contributed by atoms with E-state index >= 15 is 0 Å². The van der Waals surface area contributed by atoms with Crippen LogP contribution >= 0.6 is 0 Å². The first kappa shape index (κ1) is 13.8. The predicted octanol–water partition coefficient (Wildman–Crippen LogP) is 0.674. The molecular weight excluding hydrogens is 239 g/mol. The number of hydrogen-bond acceptors (Lipinski definition) is 4. The normalized spacial score (nSPS) is 15.6. The Morgan fingerprint density at radius 3 is 2.29 bits per heavy atom. The molecule has 0 aromatic heterocycles. The van der Waals surface area contributed by atoms with Crippen LogP contribution in [0.2, 0.25) is 0 Å². The van der Waals surface area contributed by atoms with Crippen molar-refractivity contribution >= 4 is 5.69 Å². The number of halogens is 3. The van der Waals surface area contributed by atoms with Crippen molar-refractivity contribution in [2.24, 2.45) is 0 Å². The highest BCUT2D eigenvalue weighted by atomic mass is 19.4. The summed E-state index contributed by atoms with van der Waals surface area (Å²) in [6.07, 6.45) is -7.77. The molecule has 5 N–H and O–H groups in total. The van der Waals surface area contributed by atoms with Gasteiger partial charge >= 0.3 is 6.18 Å². The lowest BCUT2D eigenvalue weighted by atomic mass is 10.0. The van der Waals surface area contributed by atoms with Crippen molar-refractivity contribution in [3.63, 3.8) is 0 Å². The maximum atomic E-state index is 12.5. The SMILES string of the molecule is Nc1ccc(C(O)C(O)CO)cc1C(F)(F)F. The van der Waals surface area contributed by atoms with E-state index in [1.54, 1.807) is 0 Å². The molecule has 2 atom stereocenters. The van der Waals surface area contributed by atoms with E-state index in [0.29, 0.717) is 6.07 Å². The lowest BCUT2D eigenvalue weighted by Gasteiger charge is -2.18. The fraction of sp³-hybridized carbons (Fsp3) is 0.400. The van der Waals surface area contributed by atoms with Crippen LogP contribution in [0, 0.1) is 0 Å². The highest BCUT2D eigenvalue weighted by Crippen LogP contribution is 2.35. The van der Waals surface area contributed by atoms with E-state index in [9.17, 15) is 18.3 Å². The zero-order chi connectivity index (χ0) is 13.2. The minimum absolute atomic E-state index is 0.159. The van der Waals surface area contributed by atoms with E-state index < -0.39 is 36.2 Å². The maximum Gasteiger partial charge on any atom is 0.418 e. The topological polar surface area (TPSA) is 86.7 Å². The van der Waals surface area contributed by atoms with E-state index in [4.69, 9.17) is 15.9 Å². The van der Waals surface area contributed by atoms with Crippen molar-refractivity contribution in [3.8, 4) is 0 Å². The Balaban J connectivity index is 3.13. The van der Waals surface area contributed by atoms with E-state index in [1.807, 2.05) is 0 Å². The first-order valence-corrected chi connectivity index (χ1v) is 4.71. The minimum Gasteiger partial charge on any atom is -0.398 e. The molecule has 0 aliphatic carbocycles. The van der Waals surface area contributed by atoms with Crippen molar-refractivity contribution in [1.29, 1.82) is 0 Å². The molecule has 0 saturated carbocycles. The fourth-order valence-electron chi connectivity index (χ4n) is 1.33. The number of nitrogen functional groups attached to an aromatic ring is 1. The number of alkyl halides is 3. The largest absolute Gasteiger partial charge is 0.418 e. The Morgan fingerprint density at radius 2 is 1.82 bits per heavy atom. The average Bonchev–Trinajstić information content (AvgIpc) is 2.26. The summed E-state index contributed by atoms with van der Waals surface area (Å²) in [5, 5.41) is 27.2. The molecular formula is C10H12F3NO3. The number of rotatable bonds is 3. The standard InChI is InChI=1S/C10H12F3NO3/c11-10(12,13)6-3-5(1-2-7(6)14)9(17)8(16)4-15/h1-3,8-9,15-17H,4,14H2.